The van der Waals surface area contributed by atoms with E-state index >= 15 is 0 Å². The molecule has 0 aliphatic carbocycles. The SMILES string of the molecule is O=S(=O)(CC(F)(F)F)N[C@@]1(c2ccccc2)[CH]C2CCN1CC2. The lowest BCUT2D eigenvalue weighted by molar-refractivity contribution is -0.106. The highest BCUT2D eigenvalue weighted by Gasteiger charge is 2.50. The van der Waals surface area contributed by atoms with Gasteiger partial charge in [0.25, 0.3) is 0 Å². The maximum Gasteiger partial charge on any atom is 0.404 e. The van der Waals surface area contributed by atoms with Crippen LogP contribution in [0.2, 0.25) is 0 Å². The van der Waals surface area contributed by atoms with Crippen LogP contribution in [-0.2, 0) is 15.7 Å². The summed E-state index contributed by atoms with van der Waals surface area (Å²) in [6.07, 6.45) is -1.12. The van der Waals surface area contributed by atoms with Crippen molar-refractivity contribution in [3.63, 3.8) is 0 Å². The Morgan fingerprint density at radius 3 is 2.26 bits per heavy atom. The van der Waals surface area contributed by atoms with Crippen LogP contribution >= 0.6 is 0 Å². The lowest BCUT2D eigenvalue weighted by Crippen LogP contribution is -2.65. The summed E-state index contributed by atoms with van der Waals surface area (Å²) in [4.78, 5) is 1.91. The predicted octanol–water partition coefficient (Wildman–Crippen LogP) is 2.25. The van der Waals surface area contributed by atoms with E-state index in [0.29, 0.717) is 18.7 Å². The summed E-state index contributed by atoms with van der Waals surface area (Å²) >= 11 is 0. The number of nitrogens with one attached hydrogen (secondary N) is 1. The normalized spacial score (nSPS) is 31.3. The highest BCUT2D eigenvalue weighted by Crippen LogP contribution is 2.43. The van der Waals surface area contributed by atoms with Crippen molar-refractivity contribution in [3.8, 4) is 0 Å². The van der Waals surface area contributed by atoms with Gasteiger partial charge in [0, 0.05) is 19.5 Å². The van der Waals surface area contributed by atoms with E-state index < -0.39 is 27.6 Å². The molecular formula is C15H18F3N2O2S. The van der Waals surface area contributed by atoms with Gasteiger partial charge in [-0.25, -0.2) is 8.42 Å². The first-order chi connectivity index (χ1) is 10.7. The van der Waals surface area contributed by atoms with Gasteiger partial charge >= 0.3 is 6.18 Å². The standard InChI is InChI=1S/C15H18F3N2O2S/c16-15(17,18)11-23(21,22)19-14(13-4-2-1-3-5-13)10-12-6-8-20(14)9-7-12/h1-5,10,12,19H,6-9,11H2/t14-/m0/s1. The van der Waals surface area contributed by atoms with Crippen molar-refractivity contribution in [3.05, 3.63) is 42.3 Å². The van der Waals surface area contributed by atoms with Gasteiger partial charge in [-0.3, -0.25) is 4.90 Å². The molecule has 8 heteroatoms. The Kier molecular flexibility index (Phi) is 4.18. The summed E-state index contributed by atoms with van der Waals surface area (Å²) in [6, 6.07) is 8.79. The van der Waals surface area contributed by atoms with Gasteiger partial charge < -0.3 is 0 Å². The molecule has 0 saturated carbocycles. The number of piperidine rings is 3. The molecule has 23 heavy (non-hydrogen) atoms. The van der Waals surface area contributed by atoms with Gasteiger partial charge in [-0.1, -0.05) is 30.3 Å². The third-order valence-electron chi connectivity index (χ3n) is 4.39. The molecule has 1 N–H and O–H groups in total. The Balaban J connectivity index is 1.97. The number of rotatable bonds is 4. The minimum Gasteiger partial charge on any atom is -0.281 e. The summed E-state index contributed by atoms with van der Waals surface area (Å²) < 4.78 is 64.3. The quantitative estimate of drug-likeness (QED) is 0.909. The van der Waals surface area contributed by atoms with Crippen molar-refractivity contribution in [1.82, 2.24) is 9.62 Å². The molecule has 0 spiro atoms. The summed E-state index contributed by atoms with van der Waals surface area (Å²) in [5, 5.41) is 0. The lowest BCUT2D eigenvalue weighted by atomic mass is 9.76. The molecule has 3 fully saturated rings. The monoisotopic (exact) mass is 347 g/mol. The zero-order valence-corrected chi connectivity index (χ0v) is 13.2. The van der Waals surface area contributed by atoms with E-state index in [1.807, 2.05) is 11.3 Å². The fourth-order valence-corrected chi connectivity index (χ4v) is 4.77. The lowest BCUT2D eigenvalue weighted by Gasteiger charge is -2.54. The highest BCUT2D eigenvalue weighted by atomic mass is 32.2. The summed E-state index contributed by atoms with van der Waals surface area (Å²) in [5.41, 5.74) is -0.540. The molecule has 2 bridgehead atoms. The fourth-order valence-electron chi connectivity index (χ4n) is 3.48. The van der Waals surface area contributed by atoms with Crippen molar-refractivity contribution in [2.75, 3.05) is 18.8 Å². The molecule has 3 saturated heterocycles. The molecule has 0 aromatic heterocycles. The Bertz CT molecular complexity index is 655. The van der Waals surface area contributed by atoms with Crippen LogP contribution in [0.15, 0.2) is 30.3 Å². The average molecular weight is 347 g/mol. The number of hydrogen-bond donors (Lipinski definition) is 1. The average Bonchev–Trinajstić information content (AvgIpc) is 2.46. The second-order valence-corrected chi connectivity index (χ2v) is 7.82. The Labute approximate surface area is 133 Å². The third-order valence-corrected chi connectivity index (χ3v) is 5.72. The van der Waals surface area contributed by atoms with Crippen LogP contribution in [0.4, 0.5) is 13.2 Å². The van der Waals surface area contributed by atoms with Crippen molar-refractivity contribution in [2.45, 2.75) is 24.7 Å². The molecule has 1 aromatic carbocycles. The van der Waals surface area contributed by atoms with Gasteiger partial charge in [-0.05, 0) is 24.3 Å². The van der Waals surface area contributed by atoms with Gasteiger partial charge in [0.1, 0.15) is 5.66 Å². The van der Waals surface area contributed by atoms with E-state index in [1.54, 1.807) is 30.3 Å². The summed E-state index contributed by atoms with van der Waals surface area (Å²) in [6.45, 7) is 1.31. The van der Waals surface area contributed by atoms with E-state index in [1.165, 1.54) is 0 Å². The molecular weight excluding hydrogens is 329 g/mol. The van der Waals surface area contributed by atoms with Crippen LogP contribution in [0, 0.1) is 12.3 Å². The van der Waals surface area contributed by atoms with E-state index in [9.17, 15) is 21.6 Å². The number of benzene rings is 1. The molecule has 127 valence electrons. The van der Waals surface area contributed by atoms with Crippen molar-refractivity contribution in [2.24, 2.45) is 5.92 Å². The summed E-state index contributed by atoms with van der Waals surface area (Å²) in [5.74, 6) is -1.67. The molecule has 1 radical (unpaired) electrons. The van der Waals surface area contributed by atoms with Crippen LogP contribution in [0.3, 0.4) is 0 Å². The number of hydrogen-bond acceptors (Lipinski definition) is 3. The van der Waals surface area contributed by atoms with Gasteiger partial charge in [-0.15, -0.1) is 0 Å². The second kappa shape index (κ2) is 5.75. The van der Waals surface area contributed by atoms with E-state index in [2.05, 4.69) is 4.72 Å². The maximum absolute atomic E-state index is 12.6. The molecule has 3 heterocycles. The number of fused-ring (bicyclic) bond motifs is 3. The third kappa shape index (κ3) is 3.54. The van der Waals surface area contributed by atoms with Gasteiger partial charge in [0.15, 0.2) is 5.75 Å². The van der Waals surface area contributed by atoms with Crippen molar-refractivity contribution in [1.29, 1.82) is 0 Å². The molecule has 1 aromatic rings. The van der Waals surface area contributed by atoms with Crippen LogP contribution in [0.1, 0.15) is 18.4 Å². The molecule has 3 aliphatic heterocycles. The van der Waals surface area contributed by atoms with E-state index in [4.69, 9.17) is 0 Å². The smallest absolute Gasteiger partial charge is 0.281 e. The minimum absolute atomic E-state index is 0.203. The number of alkyl halides is 3. The number of halogens is 3. The summed E-state index contributed by atoms with van der Waals surface area (Å²) in [7, 11) is -4.52. The molecule has 3 aliphatic rings. The first-order valence-corrected chi connectivity index (χ1v) is 9.10. The van der Waals surface area contributed by atoms with E-state index in [0.717, 1.165) is 12.8 Å². The zero-order chi connectivity index (χ0) is 16.7. The van der Waals surface area contributed by atoms with Crippen LogP contribution in [0.5, 0.6) is 0 Å². The Morgan fingerprint density at radius 1 is 1.17 bits per heavy atom. The maximum atomic E-state index is 12.6. The van der Waals surface area contributed by atoms with Gasteiger partial charge in [0.2, 0.25) is 10.0 Å². The number of sulfonamides is 1. The molecule has 4 rings (SSSR count). The van der Waals surface area contributed by atoms with Crippen LogP contribution < -0.4 is 4.72 Å². The number of nitrogens with zero attached hydrogens (tertiary/aromatic N) is 1. The fraction of sp³-hybridized carbons (Fsp3) is 0.533. The first-order valence-electron chi connectivity index (χ1n) is 7.45. The molecule has 4 nitrogen and oxygen atoms in total. The Morgan fingerprint density at radius 2 is 1.78 bits per heavy atom. The second-order valence-electron chi connectivity index (χ2n) is 6.10. The van der Waals surface area contributed by atoms with Gasteiger partial charge in [-0.2, -0.15) is 17.9 Å². The van der Waals surface area contributed by atoms with Crippen LogP contribution in [-0.4, -0.2) is 38.3 Å². The topological polar surface area (TPSA) is 49.4 Å². The minimum atomic E-state index is -4.77. The van der Waals surface area contributed by atoms with Gasteiger partial charge in [0.05, 0.1) is 0 Å². The van der Waals surface area contributed by atoms with Crippen LogP contribution in [0.25, 0.3) is 0 Å². The predicted molar refractivity (Wildman–Crippen MR) is 79.7 cm³/mol. The molecule has 0 unspecified atom stereocenters. The first kappa shape index (κ1) is 16.7. The largest absolute Gasteiger partial charge is 0.404 e. The highest BCUT2D eigenvalue weighted by molar-refractivity contribution is 7.89. The van der Waals surface area contributed by atoms with Crippen molar-refractivity contribution < 1.29 is 21.6 Å². The Hall–Kier alpha value is -1.12. The molecule has 0 amide bonds. The molecule has 1 atom stereocenters. The van der Waals surface area contributed by atoms with E-state index in [-0.39, 0.29) is 5.92 Å². The zero-order valence-electron chi connectivity index (χ0n) is 12.4. The van der Waals surface area contributed by atoms with Crippen molar-refractivity contribution >= 4 is 10.0 Å².